The molecular weight excluding hydrogens is 328 g/mol. The third kappa shape index (κ3) is 2.83. The van der Waals surface area contributed by atoms with Crippen molar-refractivity contribution >= 4 is 15.9 Å². The molecular formula is C15H14BrF2NO. The SMILES string of the molecule is CNC(c1ccc(Br)cc1OC)c1c(F)cccc1F. The molecule has 0 aliphatic carbocycles. The van der Waals surface area contributed by atoms with E-state index in [0.717, 1.165) is 4.47 Å². The van der Waals surface area contributed by atoms with Crippen LogP contribution < -0.4 is 10.1 Å². The largest absolute Gasteiger partial charge is 0.496 e. The Hall–Kier alpha value is -1.46. The molecule has 20 heavy (non-hydrogen) atoms. The minimum Gasteiger partial charge on any atom is -0.496 e. The maximum atomic E-state index is 14.0. The fourth-order valence-corrected chi connectivity index (χ4v) is 2.51. The Labute approximate surface area is 124 Å². The monoisotopic (exact) mass is 341 g/mol. The molecule has 0 saturated heterocycles. The second-order valence-electron chi connectivity index (χ2n) is 4.24. The van der Waals surface area contributed by atoms with Gasteiger partial charge in [-0.2, -0.15) is 0 Å². The quantitative estimate of drug-likeness (QED) is 0.905. The fraction of sp³-hybridized carbons (Fsp3) is 0.200. The van der Waals surface area contributed by atoms with E-state index in [4.69, 9.17) is 4.74 Å². The number of ether oxygens (including phenoxy) is 1. The molecule has 0 aliphatic rings. The van der Waals surface area contributed by atoms with Crippen LogP contribution in [0.2, 0.25) is 0 Å². The summed E-state index contributed by atoms with van der Waals surface area (Å²) in [4.78, 5) is 0. The van der Waals surface area contributed by atoms with Crippen molar-refractivity contribution in [1.29, 1.82) is 0 Å². The molecule has 106 valence electrons. The van der Waals surface area contributed by atoms with Gasteiger partial charge in [-0.15, -0.1) is 0 Å². The molecule has 0 saturated carbocycles. The average molecular weight is 342 g/mol. The maximum absolute atomic E-state index is 14.0. The van der Waals surface area contributed by atoms with Crippen LogP contribution in [0.5, 0.6) is 5.75 Å². The molecule has 0 amide bonds. The minimum absolute atomic E-state index is 0.0179. The maximum Gasteiger partial charge on any atom is 0.131 e. The highest BCUT2D eigenvalue weighted by molar-refractivity contribution is 9.10. The first-order valence-corrected chi connectivity index (χ1v) is 6.82. The van der Waals surface area contributed by atoms with Crippen LogP contribution in [0.4, 0.5) is 8.78 Å². The Morgan fingerprint density at radius 2 is 1.80 bits per heavy atom. The lowest BCUT2D eigenvalue weighted by atomic mass is 9.97. The van der Waals surface area contributed by atoms with Crippen LogP contribution in [0.3, 0.4) is 0 Å². The molecule has 0 aliphatic heterocycles. The van der Waals surface area contributed by atoms with E-state index in [1.807, 2.05) is 0 Å². The minimum atomic E-state index is -0.626. The second-order valence-corrected chi connectivity index (χ2v) is 5.16. The summed E-state index contributed by atoms with van der Waals surface area (Å²) in [6.45, 7) is 0. The van der Waals surface area contributed by atoms with Gasteiger partial charge < -0.3 is 10.1 Å². The highest BCUT2D eigenvalue weighted by atomic mass is 79.9. The van der Waals surface area contributed by atoms with E-state index in [1.54, 1.807) is 25.2 Å². The van der Waals surface area contributed by atoms with Gasteiger partial charge in [-0.05, 0) is 31.3 Å². The molecule has 0 heterocycles. The highest BCUT2D eigenvalue weighted by Crippen LogP contribution is 2.34. The van der Waals surface area contributed by atoms with Gasteiger partial charge in [-0.1, -0.05) is 28.1 Å². The van der Waals surface area contributed by atoms with Crippen LogP contribution in [-0.4, -0.2) is 14.2 Å². The van der Waals surface area contributed by atoms with Gasteiger partial charge in [0.2, 0.25) is 0 Å². The summed E-state index contributed by atoms with van der Waals surface area (Å²) in [5.74, 6) is -0.620. The van der Waals surface area contributed by atoms with E-state index < -0.39 is 17.7 Å². The number of nitrogens with one attached hydrogen (secondary N) is 1. The summed E-state index contributed by atoms with van der Waals surface area (Å²) >= 11 is 3.34. The predicted molar refractivity (Wildman–Crippen MR) is 78.0 cm³/mol. The van der Waals surface area contributed by atoms with E-state index in [1.165, 1.54) is 25.3 Å². The molecule has 0 spiro atoms. The molecule has 0 radical (unpaired) electrons. The Balaban J connectivity index is 2.58. The normalized spacial score (nSPS) is 12.2. The first kappa shape index (κ1) is 14.9. The van der Waals surface area contributed by atoms with Gasteiger partial charge >= 0.3 is 0 Å². The van der Waals surface area contributed by atoms with Crippen LogP contribution in [-0.2, 0) is 0 Å². The van der Waals surface area contributed by atoms with E-state index in [0.29, 0.717) is 11.3 Å². The summed E-state index contributed by atoms with van der Waals surface area (Å²) < 4.78 is 34.0. The number of benzene rings is 2. The molecule has 0 bridgehead atoms. The zero-order valence-corrected chi connectivity index (χ0v) is 12.7. The summed E-state index contributed by atoms with van der Waals surface area (Å²) in [6.07, 6.45) is 0. The third-order valence-corrected chi connectivity index (χ3v) is 3.58. The topological polar surface area (TPSA) is 21.3 Å². The van der Waals surface area contributed by atoms with Crippen LogP contribution in [0.15, 0.2) is 40.9 Å². The van der Waals surface area contributed by atoms with Crippen LogP contribution in [0.25, 0.3) is 0 Å². The Kier molecular flexibility index (Phi) is 4.73. The highest BCUT2D eigenvalue weighted by Gasteiger charge is 2.23. The van der Waals surface area contributed by atoms with Crippen molar-refractivity contribution in [2.45, 2.75) is 6.04 Å². The van der Waals surface area contributed by atoms with Gasteiger partial charge in [-0.3, -0.25) is 0 Å². The van der Waals surface area contributed by atoms with E-state index in [9.17, 15) is 8.78 Å². The second kappa shape index (κ2) is 6.33. The number of rotatable bonds is 4. The molecule has 1 atom stereocenters. The van der Waals surface area contributed by atoms with Crippen molar-refractivity contribution in [3.8, 4) is 5.75 Å². The van der Waals surface area contributed by atoms with Crippen molar-refractivity contribution in [2.75, 3.05) is 14.2 Å². The lowest BCUT2D eigenvalue weighted by molar-refractivity contribution is 0.403. The van der Waals surface area contributed by atoms with Crippen molar-refractivity contribution < 1.29 is 13.5 Å². The number of methoxy groups -OCH3 is 1. The molecule has 5 heteroatoms. The Morgan fingerprint density at radius 1 is 1.15 bits per heavy atom. The molecule has 1 unspecified atom stereocenters. The standard InChI is InChI=1S/C15H14BrF2NO/c1-19-15(14-11(17)4-3-5-12(14)18)10-7-6-9(16)8-13(10)20-2/h3-8,15,19H,1-2H3. The van der Waals surface area contributed by atoms with Gasteiger partial charge in [0.05, 0.1) is 13.2 Å². The molecule has 2 aromatic carbocycles. The molecule has 2 aromatic rings. The number of halogens is 3. The van der Waals surface area contributed by atoms with Gasteiger partial charge in [-0.25, -0.2) is 8.78 Å². The van der Waals surface area contributed by atoms with Gasteiger partial charge in [0.15, 0.2) is 0 Å². The molecule has 0 fully saturated rings. The predicted octanol–water partition coefficient (Wildman–Crippen LogP) is 4.04. The smallest absolute Gasteiger partial charge is 0.131 e. The molecule has 1 N–H and O–H groups in total. The molecule has 2 rings (SSSR count). The number of hydrogen-bond acceptors (Lipinski definition) is 2. The van der Waals surface area contributed by atoms with Crippen LogP contribution in [0, 0.1) is 11.6 Å². The van der Waals surface area contributed by atoms with E-state index >= 15 is 0 Å². The van der Waals surface area contributed by atoms with Gasteiger partial charge in [0, 0.05) is 15.6 Å². The number of hydrogen-bond donors (Lipinski definition) is 1. The van der Waals surface area contributed by atoms with E-state index in [2.05, 4.69) is 21.2 Å². The zero-order valence-electron chi connectivity index (χ0n) is 11.1. The summed E-state index contributed by atoms with van der Waals surface area (Å²) in [6, 6.07) is 8.55. The first-order chi connectivity index (χ1) is 9.58. The summed E-state index contributed by atoms with van der Waals surface area (Å²) in [7, 11) is 3.17. The lowest BCUT2D eigenvalue weighted by Gasteiger charge is -2.21. The van der Waals surface area contributed by atoms with Crippen LogP contribution >= 0.6 is 15.9 Å². The van der Waals surface area contributed by atoms with Gasteiger partial charge in [0.25, 0.3) is 0 Å². The average Bonchev–Trinajstić information content (AvgIpc) is 2.43. The van der Waals surface area contributed by atoms with Gasteiger partial charge in [0.1, 0.15) is 17.4 Å². The van der Waals surface area contributed by atoms with Crippen molar-refractivity contribution in [3.05, 3.63) is 63.6 Å². The fourth-order valence-electron chi connectivity index (χ4n) is 2.17. The summed E-state index contributed by atoms with van der Waals surface area (Å²) in [5, 5.41) is 2.94. The van der Waals surface area contributed by atoms with Crippen molar-refractivity contribution in [2.24, 2.45) is 0 Å². The summed E-state index contributed by atoms with van der Waals surface area (Å²) in [5.41, 5.74) is 0.651. The van der Waals surface area contributed by atoms with Crippen molar-refractivity contribution in [1.82, 2.24) is 5.32 Å². The molecule has 2 nitrogen and oxygen atoms in total. The first-order valence-electron chi connectivity index (χ1n) is 6.03. The van der Waals surface area contributed by atoms with Crippen LogP contribution in [0.1, 0.15) is 17.2 Å². The van der Waals surface area contributed by atoms with Crippen molar-refractivity contribution in [3.63, 3.8) is 0 Å². The Bertz CT molecular complexity index is 599. The lowest BCUT2D eigenvalue weighted by Crippen LogP contribution is -2.21. The zero-order chi connectivity index (χ0) is 14.7. The Morgan fingerprint density at radius 3 is 2.35 bits per heavy atom. The van der Waals surface area contributed by atoms with E-state index in [-0.39, 0.29) is 5.56 Å². The molecule has 0 aromatic heterocycles. The third-order valence-electron chi connectivity index (χ3n) is 3.08.